The number of rotatable bonds is 5. The van der Waals surface area contributed by atoms with E-state index in [2.05, 4.69) is 0 Å². The summed E-state index contributed by atoms with van der Waals surface area (Å²) in [6.45, 7) is 1.63. The molecule has 110 valence electrons. The minimum Gasteiger partial charge on any atom is -0.497 e. The zero-order valence-corrected chi connectivity index (χ0v) is 12.7. The van der Waals surface area contributed by atoms with Crippen molar-refractivity contribution >= 4 is 17.7 Å². The topological polar surface area (TPSA) is 55.6 Å². The first-order valence-electron chi connectivity index (χ1n) is 6.99. The fourth-order valence-corrected chi connectivity index (χ4v) is 3.08. The molecule has 1 amide bonds. The second-order valence-electron chi connectivity index (χ2n) is 4.99. The summed E-state index contributed by atoms with van der Waals surface area (Å²) in [5, 5.41) is 0. The fraction of sp³-hybridized carbons (Fsp3) is 0.533. The number of carbonyl (C=O) groups is 1. The number of benzene rings is 1. The van der Waals surface area contributed by atoms with E-state index in [0.29, 0.717) is 6.42 Å². The minimum absolute atomic E-state index is 0.248. The average molecular weight is 294 g/mol. The number of methoxy groups -OCH3 is 1. The van der Waals surface area contributed by atoms with Crippen LogP contribution in [0.1, 0.15) is 19.3 Å². The summed E-state index contributed by atoms with van der Waals surface area (Å²) in [6.07, 6.45) is 2.45. The van der Waals surface area contributed by atoms with Gasteiger partial charge in [-0.1, -0.05) is 0 Å². The summed E-state index contributed by atoms with van der Waals surface area (Å²) in [4.78, 5) is 15.2. The predicted octanol–water partition coefficient (Wildman–Crippen LogP) is 2.13. The van der Waals surface area contributed by atoms with Crippen LogP contribution in [0.25, 0.3) is 0 Å². The molecule has 1 aliphatic heterocycles. The van der Waals surface area contributed by atoms with Crippen LogP contribution < -0.4 is 10.5 Å². The summed E-state index contributed by atoms with van der Waals surface area (Å²) in [7, 11) is 1.66. The quantitative estimate of drug-likeness (QED) is 0.845. The highest BCUT2D eigenvalue weighted by Crippen LogP contribution is 2.22. The Morgan fingerprint density at radius 3 is 2.60 bits per heavy atom. The van der Waals surface area contributed by atoms with Gasteiger partial charge in [-0.25, -0.2) is 0 Å². The molecule has 0 saturated carbocycles. The Labute approximate surface area is 124 Å². The predicted molar refractivity (Wildman–Crippen MR) is 82.1 cm³/mol. The van der Waals surface area contributed by atoms with Crippen molar-refractivity contribution in [3.63, 3.8) is 0 Å². The van der Waals surface area contributed by atoms with Crippen molar-refractivity contribution < 1.29 is 9.53 Å². The van der Waals surface area contributed by atoms with Crippen molar-refractivity contribution in [1.29, 1.82) is 0 Å². The first-order chi connectivity index (χ1) is 9.69. The third kappa shape index (κ3) is 4.42. The average Bonchev–Trinajstić information content (AvgIpc) is 2.48. The normalized spacial score (nSPS) is 16.2. The Bertz CT molecular complexity index is 428. The van der Waals surface area contributed by atoms with E-state index >= 15 is 0 Å². The lowest BCUT2D eigenvalue weighted by Crippen LogP contribution is -2.42. The van der Waals surface area contributed by atoms with Gasteiger partial charge < -0.3 is 15.4 Å². The van der Waals surface area contributed by atoms with Crippen molar-refractivity contribution in [3.8, 4) is 5.75 Å². The maximum Gasteiger partial charge on any atom is 0.223 e. The van der Waals surface area contributed by atoms with Crippen molar-refractivity contribution in [2.24, 2.45) is 5.73 Å². The first kappa shape index (κ1) is 15.2. The first-order valence-corrected chi connectivity index (χ1v) is 7.98. The number of nitrogens with two attached hydrogens (primary N) is 1. The molecule has 5 heteroatoms. The zero-order chi connectivity index (χ0) is 14.4. The number of ether oxygens (including phenoxy) is 1. The molecule has 4 nitrogen and oxygen atoms in total. The van der Waals surface area contributed by atoms with Crippen molar-refractivity contribution in [3.05, 3.63) is 24.3 Å². The van der Waals surface area contributed by atoms with Crippen molar-refractivity contribution in [1.82, 2.24) is 4.90 Å². The summed E-state index contributed by atoms with van der Waals surface area (Å²) < 4.78 is 5.12. The van der Waals surface area contributed by atoms with E-state index in [0.717, 1.165) is 37.4 Å². The Morgan fingerprint density at radius 2 is 2.00 bits per heavy atom. The van der Waals surface area contributed by atoms with Crippen LogP contribution in [0.15, 0.2) is 29.2 Å². The molecule has 1 heterocycles. The lowest BCUT2D eigenvalue weighted by atomic mass is 10.1. The van der Waals surface area contributed by atoms with E-state index in [1.54, 1.807) is 18.9 Å². The number of thioether (sulfide) groups is 1. The molecule has 1 aromatic carbocycles. The fourth-order valence-electron chi connectivity index (χ4n) is 2.24. The molecule has 2 N–H and O–H groups in total. The second kappa shape index (κ2) is 7.55. The van der Waals surface area contributed by atoms with E-state index in [4.69, 9.17) is 10.5 Å². The summed E-state index contributed by atoms with van der Waals surface area (Å²) in [6, 6.07) is 8.20. The van der Waals surface area contributed by atoms with Crippen LogP contribution in [0.4, 0.5) is 0 Å². The van der Waals surface area contributed by atoms with Gasteiger partial charge >= 0.3 is 0 Å². The molecule has 1 aromatic rings. The Morgan fingerprint density at radius 1 is 1.35 bits per heavy atom. The largest absolute Gasteiger partial charge is 0.497 e. The van der Waals surface area contributed by atoms with E-state index < -0.39 is 0 Å². The number of amides is 1. The Hall–Kier alpha value is -1.20. The van der Waals surface area contributed by atoms with Gasteiger partial charge in [0, 0.05) is 36.2 Å². The third-order valence-electron chi connectivity index (χ3n) is 3.54. The number of hydrogen-bond acceptors (Lipinski definition) is 4. The van der Waals surface area contributed by atoms with Gasteiger partial charge in [0.1, 0.15) is 5.75 Å². The highest BCUT2D eigenvalue weighted by Gasteiger charge is 2.19. The van der Waals surface area contributed by atoms with Crippen molar-refractivity contribution in [2.75, 3.05) is 26.0 Å². The minimum atomic E-state index is 0.248. The molecule has 0 atom stereocenters. The SMILES string of the molecule is COc1ccc(SCCC(=O)N2CCC(N)CC2)cc1. The number of nitrogens with zero attached hydrogens (tertiary/aromatic N) is 1. The maximum atomic E-state index is 12.0. The van der Waals surface area contributed by atoms with Crippen LogP contribution >= 0.6 is 11.8 Å². The molecule has 0 aliphatic carbocycles. The maximum absolute atomic E-state index is 12.0. The number of hydrogen-bond donors (Lipinski definition) is 1. The molecule has 0 unspecified atom stereocenters. The van der Waals surface area contributed by atoms with Gasteiger partial charge in [0.25, 0.3) is 0 Å². The smallest absolute Gasteiger partial charge is 0.223 e. The lowest BCUT2D eigenvalue weighted by molar-refractivity contribution is -0.131. The highest BCUT2D eigenvalue weighted by atomic mass is 32.2. The van der Waals surface area contributed by atoms with Crippen LogP contribution in [0.2, 0.25) is 0 Å². The Kier molecular flexibility index (Phi) is 5.73. The molecule has 0 bridgehead atoms. The molecule has 1 aliphatic rings. The van der Waals surface area contributed by atoms with Gasteiger partial charge in [0.2, 0.25) is 5.91 Å². The van der Waals surface area contributed by atoms with Gasteiger partial charge in [0.15, 0.2) is 0 Å². The van der Waals surface area contributed by atoms with E-state index in [9.17, 15) is 4.79 Å². The molecular formula is C15H22N2O2S. The number of carbonyl (C=O) groups excluding carboxylic acids is 1. The van der Waals surface area contributed by atoms with Gasteiger partial charge in [-0.2, -0.15) is 0 Å². The van der Waals surface area contributed by atoms with Crippen LogP contribution in [0.3, 0.4) is 0 Å². The molecule has 2 rings (SSSR count). The van der Waals surface area contributed by atoms with Gasteiger partial charge in [-0.15, -0.1) is 11.8 Å². The standard InChI is InChI=1S/C15H22N2O2S/c1-19-13-2-4-14(5-3-13)20-11-8-15(18)17-9-6-12(16)7-10-17/h2-5,12H,6-11,16H2,1H3. The monoisotopic (exact) mass is 294 g/mol. The summed E-state index contributed by atoms with van der Waals surface area (Å²) >= 11 is 1.70. The van der Waals surface area contributed by atoms with Gasteiger partial charge in [-0.3, -0.25) is 4.79 Å². The van der Waals surface area contributed by atoms with E-state index in [1.165, 1.54) is 4.90 Å². The number of likely N-dealkylation sites (tertiary alicyclic amines) is 1. The van der Waals surface area contributed by atoms with E-state index in [1.807, 2.05) is 29.2 Å². The van der Waals surface area contributed by atoms with Crippen LogP contribution in [0.5, 0.6) is 5.75 Å². The zero-order valence-electron chi connectivity index (χ0n) is 11.9. The number of piperidine rings is 1. The Balaban J connectivity index is 1.70. The third-order valence-corrected chi connectivity index (χ3v) is 4.55. The molecule has 1 saturated heterocycles. The van der Waals surface area contributed by atoms with Gasteiger partial charge in [-0.05, 0) is 37.1 Å². The molecule has 1 fully saturated rings. The van der Waals surface area contributed by atoms with Gasteiger partial charge in [0.05, 0.1) is 7.11 Å². The molecule has 20 heavy (non-hydrogen) atoms. The van der Waals surface area contributed by atoms with E-state index in [-0.39, 0.29) is 11.9 Å². The molecular weight excluding hydrogens is 272 g/mol. The summed E-state index contributed by atoms with van der Waals surface area (Å²) in [5.41, 5.74) is 5.84. The van der Waals surface area contributed by atoms with Crippen LogP contribution in [-0.2, 0) is 4.79 Å². The highest BCUT2D eigenvalue weighted by molar-refractivity contribution is 7.99. The molecule has 0 aromatic heterocycles. The lowest BCUT2D eigenvalue weighted by Gasteiger charge is -2.30. The molecule has 0 radical (unpaired) electrons. The van der Waals surface area contributed by atoms with Crippen molar-refractivity contribution in [2.45, 2.75) is 30.2 Å². The summed E-state index contributed by atoms with van der Waals surface area (Å²) in [5.74, 6) is 1.92. The van der Waals surface area contributed by atoms with Crippen LogP contribution in [-0.4, -0.2) is 42.8 Å². The molecule has 0 spiro atoms. The van der Waals surface area contributed by atoms with Crippen LogP contribution in [0, 0.1) is 0 Å². The second-order valence-corrected chi connectivity index (χ2v) is 6.16.